The number of carbonyl (C=O) groups excluding carboxylic acids is 1. The number of pyridine rings is 1. The lowest BCUT2D eigenvalue weighted by molar-refractivity contribution is 0.0952. The lowest BCUT2D eigenvalue weighted by atomic mass is 10.1. The number of fused-ring (bicyclic) bond motifs is 1. The smallest absolute Gasteiger partial charge is 0.255 e. The van der Waals surface area contributed by atoms with Gasteiger partial charge in [0.2, 0.25) is 0 Å². The van der Waals surface area contributed by atoms with Crippen molar-refractivity contribution in [2.45, 2.75) is 39.4 Å². The zero-order valence-corrected chi connectivity index (χ0v) is 19.6. The third kappa shape index (κ3) is 4.92. The van der Waals surface area contributed by atoms with Crippen molar-refractivity contribution in [2.24, 2.45) is 5.73 Å². The number of nitrogens with one attached hydrogen (secondary N) is 2. The van der Waals surface area contributed by atoms with Crippen molar-refractivity contribution < 1.29 is 4.79 Å². The maximum Gasteiger partial charge on any atom is 0.255 e. The van der Waals surface area contributed by atoms with E-state index in [4.69, 9.17) is 16.0 Å². The van der Waals surface area contributed by atoms with Crippen molar-refractivity contribution in [3.8, 4) is 17.3 Å². The van der Waals surface area contributed by atoms with Gasteiger partial charge < -0.3 is 16.4 Å². The summed E-state index contributed by atoms with van der Waals surface area (Å²) in [5.74, 6) is 0.583. The lowest BCUT2D eigenvalue weighted by Crippen LogP contribution is -2.27. The van der Waals surface area contributed by atoms with Crippen LogP contribution in [0, 0.1) is 11.3 Å². The summed E-state index contributed by atoms with van der Waals surface area (Å²) in [6.45, 7) is 7.06. The molecule has 0 atom stereocenters. The van der Waals surface area contributed by atoms with E-state index in [1.165, 1.54) is 0 Å². The second-order valence-corrected chi connectivity index (χ2v) is 9.20. The Bertz CT molecular complexity index is 1370. The SMILES string of the molecule is CC(C)(C)Nc1c(-c2ccc(C#N)cc2)nc2c(C(=O)NCc3cccc(CN)c3)cccn12. The van der Waals surface area contributed by atoms with Crippen molar-refractivity contribution in [1.29, 1.82) is 5.26 Å². The summed E-state index contributed by atoms with van der Waals surface area (Å²) in [4.78, 5) is 18.0. The Morgan fingerprint density at radius 2 is 1.82 bits per heavy atom. The number of amides is 1. The van der Waals surface area contributed by atoms with Gasteiger partial charge in [0.25, 0.3) is 5.91 Å². The first-order valence-corrected chi connectivity index (χ1v) is 11.1. The molecular weight excluding hydrogens is 424 g/mol. The van der Waals surface area contributed by atoms with Gasteiger partial charge in [0, 0.05) is 30.4 Å². The number of hydrogen-bond acceptors (Lipinski definition) is 5. The van der Waals surface area contributed by atoms with Crippen LogP contribution >= 0.6 is 0 Å². The van der Waals surface area contributed by atoms with Gasteiger partial charge in [0.1, 0.15) is 11.5 Å². The minimum atomic E-state index is -0.233. The van der Waals surface area contributed by atoms with Gasteiger partial charge in [0.05, 0.1) is 17.2 Å². The number of rotatable bonds is 6. The molecule has 2 heterocycles. The van der Waals surface area contributed by atoms with Crippen LogP contribution in [0.4, 0.5) is 5.82 Å². The predicted molar refractivity (Wildman–Crippen MR) is 134 cm³/mol. The molecule has 0 spiro atoms. The molecule has 0 aliphatic rings. The zero-order valence-electron chi connectivity index (χ0n) is 19.6. The minimum Gasteiger partial charge on any atom is -0.365 e. The van der Waals surface area contributed by atoms with Crippen molar-refractivity contribution >= 4 is 17.4 Å². The van der Waals surface area contributed by atoms with Crippen LogP contribution in [-0.4, -0.2) is 20.8 Å². The molecule has 0 saturated heterocycles. The molecule has 2 aromatic heterocycles. The van der Waals surface area contributed by atoms with Crippen LogP contribution in [-0.2, 0) is 13.1 Å². The number of hydrogen-bond donors (Lipinski definition) is 3. The number of anilines is 1. The molecule has 0 aliphatic heterocycles. The molecule has 7 heteroatoms. The average molecular weight is 453 g/mol. The third-order valence-corrected chi connectivity index (χ3v) is 5.36. The molecule has 7 nitrogen and oxygen atoms in total. The normalized spacial score (nSPS) is 11.3. The predicted octanol–water partition coefficient (Wildman–Crippen LogP) is 4.47. The fourth-order valence-corrected chi connectivity index (χ4v) is 3.77. The van der Waals surface area contributed by atoms with Gasteiger partial charge in [-0.2, -0.15) is 5.26 Å². The Morgan fingerprint density at radius 3 is 2.50 bits per heavy atom. The number of benzene rings is 2. The van der Waals surface area contributed by atoms with E-state index in [2.05, 4.69) is 37.5 Å². The highest BCUT2D eigenvalue weighted by Crippen LogP contribution is 2.32. The first-order valence-electron chi connectivity index (χ1n) is 11.1. The van der Waals surface area contributed by atoms with Crippen molar-refractivity contribution in [3.63, 3.8) is 0 Å². The average Bonchev–Trinajstić information content (AvgIpc) is 3.19. The van der Waals surface area contributed by atoms with E-state index in [0.29, 0.717) is 29.9 Å². The number of carbonyl (C=O) groups is 1. The first kappa shape index (κ1) is 23.0. The highest BCUT2D eigenvalue weighted by atomic mass is 16.1. The van der Waals surface area contributed by atoms with Gasteiger partial charge in [-0.1, -0.05) is 36.4 Å². The van der Waals surface area contributed by atoms with Crippen LogP contribution in [0.2, 0.25) is 0 Å². The third-order valence-electron chi connectivity index (χ3n) is 5.36. The largest absolute Gasteiger partial charge is 0.365 e. The second kappa shape index (κ2) is 9.38. The molecule has 4 rings (SSSR count). The summed E-state index contributed by atoms with van der Waals surface area (Å²) in [7, 11) is 0. The molecular formula is C27H28N6O. The molecule has 172 valence electrons. The van der Waals surface area contributed by atoms with E-state index in [1.807, 2.05) is 53.1 Å². The maximum absolute atomic E-state index is 13.2. The molecule has 4 N–H and O–H groups in total. The Morgan fingerprint density at radius 1 is 1.09 bits per heavy atom. The molecule has 34 heavy (non-hydrogen) atoms. The molecule has 0 unspecified atom stereocenters. The van der Waals surface area contributed by atoms with Gasteiger partial charge in [-0.3, -0.25) is 9.20 Å². The van der Waals surface area contributed by atoms with Gasteiger partial charge >= 0.3 is 0 Å². The lowest BCUT2D eigenvalue weighted by Gasteiger charge is -2.22. The Balaban J connectivity index is 1.73. The van der Waals surface area contributed by atoms with Gasteiger partial charge in [-0.05, 0) is 56.2 Å². The van der Waals surface area contributed by atoms with E-state index >= 15 is 0 Å². The number of aromatic nitrogens is 2. The first-order chi connectivity index (χ1) is 16.3. The molecule has 0 bridgehead atoms. The summed E-state index contributed by atoms with van der Waals surface area (Å²) >= 11 is 0. The molecule has 0 saturated carbocycles. The van der Waals surface area contributed by atoms with E-state index in [1.54, 1.807) is 18.2 Å². The number of nitrogens with zero attached hydrogens (tertiary/aromatic N) is 3. The fourth-order valence-electron chi connectivity index (χ4n) is 3.77. The van der Waals surface area contributed by atoms with E-state index < -0.39 is 0 Å². The van der Waals surface area contributed by atoms with Crippen molar-refractivity contribution in [2.75, 3.05) is 5.32 Å². The second-order valence-electron chi connectivity index (χ2n) is 9.20. The summed E-state index contributed by atoms with van der Waals surface area (Å²) in [5, 5.41) is 15.7. The quantitative estimate of drug-likeness (QED) is 0.400. The summed E-state index contributed by atoms with van der Waals surface area (Å²) < 4.78 is 1.91. The van der Waals surface area contributed by atoms with Crippen molar-refractivity contribution in [3.05, 3.63) is 89.1 Å². The number of imidazole rings is 1. The fraction of sp³-hybridized carbons (Fsp3) is 0.222. The van der Waals surface area contributed by atoms with Crippen LogP contribution in [0.15, 0.2) is 66.9 Å². The molecule has 0 fully saturated rings. The van der Waals surface area contributed by atoms with Crippen LogP contribution in [0.1, 0.15) is 47.8 Å². The van der Waals surface area contributed by atoms with E-state index in [9.17, 15) is 4.79 Å². The van der Waals surface area contributed by atoms with E-state index in [-0.39, 0.29) is 11.4 Å². The Kier molecular flexibility index (Phi) is 6.35. The molecule has 0 aliphatic carbocycles. The Hall–Kier alpha value is -4.15. The molecule has 4 aromatic rings. The van der Waals surface area contributed by atoms with Gasteiger partial charge in [-0.15, -0.1) is 0 Å². The molecule has 2 aromatic carbocycles. The molecule has 0 radical (unpaired) electrons. The minimum absolute atomic E-state index is 0.206. The van der Waals surface area contributed by atoms with Crippen LogP contribution in [0.5, 0.6) is 0 Å². The zero-order chi connectivity index (χ0) is 24.3. The molecule has 1 amide bonds. The highest BCUT2D eigenvalue weighted by molar-refractivity contribution is 6.00. The summed E-state index contributed by atoms with van der Waals surface area (Å²) in [5.41, 5.74) is 10.7. The summed E-state index contributed by atoms with van der Waals surface area (Å²) in [6, 6.07) is 20.9. The Labute approximate surface area is 199 Å². The van der Waals surface area contributed by atoms with Gasteiger partial charge in [0.15, 0.2) is 5.65 Å². The van der Waals surface area contributed by atoms with Crippen LogP contribution < -0.4 is 16.4 Å². The maximum atomic E-state index is 13.2. The van der Waals surface area contributed by atoms with E-state index in [0.717, 1.165) is 28.2 Å². The standard InChI is InChI=1S/C27H28N6O/c1-27(2,3)32-25-23(21-11-9-18(15-28)10-12-21)31-24-22(8-5-13-33(24)25)26(34)30-17-20-7-4-6-19(14-20)16-29/h4-14,32H,16-17,29H2,1-3H3,(H,30,34). The van der Waals surface area contributed by atoms with Crippen LogP contribution in [0.25, 0.3) is 16.9 Å². The number of nitriles is 1. The monoisotopic (exact) mass is 452 g/mol. The van der Waals surface area contributed by atoms with Crippen molar-refractivity contribution in [1.82, 2.24) is 14.7 Å². The summed E-state index contributed by atoms with van der Waals surface area (Å²) in [6.07, 6.45) is 1.89. The topological polar surface area (TPSA) is 108 Å². The number of nitrogens with two attached hydrogens (primary N) is 1. The van der Waals surface area contributed by atoms with Crippen LogP contribution in [0.3, 0.4) is 0 Å². The highest BCUT2D eigenvalue weighted by Gasteiger charge is 2.22. The van der Waals surface area contributed by atoms with Gasteiger partial charge in [-0.25, -0.2) is 4.98 Å².